The van der Waals surface area contributed by atoms with Gasteiger partial charge in [0.2, 0.25) is 0 Å². The van der Waals surface area contributed by atoms with Crippen molar-refractivity contribution in [2.75, 3.05) is 5.32 Å². The Balaban J connectivity index is 1.47. The van der Waals surface area contributed by atoms with E-state index in [1.807, 2.05) is 0 Å². The van der Waals surface area contributed by atoms with Gasteiger partial charge in [0.15, 0.2) is 0 Å². The molecule has 4 aromatic rings. The maximum Gasteiger partial charge on any atom is 0.416 e. The first-order valence-corrected chi connectivity index (χ1v) is 12.3. The van der Waals surface area contributed by atoms with Gasteiger partial charge in [0.25, 0.3) is 0 Å². The fraction of sp³-hybridized carbons (Fsp3) is 0.231. The third-order valence-corrected chi connectivity index (χ3v) is 7.45. The molecule has 0 saturated carbocycles. The lowest BCUT2D eigenvalue weighted by Gasteiger charge is -2.33. The van der Waals surface area contributed by atoms with Crippen LogP contribution in [0.25, 0.3) is 10.6 Å². The molecule has 0 amide bonds. The number of pyridine rings is 2. The van der Waals surface area contributed by atoms with Crippen LogP contribution in [0.4, 0.5) is 29.2 Å². The van der Waals surface area contributed by atoms with Crippen LogP contribution in [0.2, 0.25) is 0 Å². The predicted molar refractivity (Wildman–Crippen MR) is 132 cm³/mol. The van der Waals surface area contributed by atoms with Gasteiger partial charge >= 0.3 is 12.1 Å². The van der Waals surface area contributed by atoms with Crippen LogP contribution in [0, 0.1) is 12.7 Å². The molecule has 3 N–H and O–H groups in total. The van der Waals surface area contributed by atoms with Crippen LogP contribution in [0.15, 0.2) is 48.8 Å². The molecule has 1 atom stereocenters. The number of aryl methyl sites for hydroxylation is 2. The van der Waals surface area contributed by atoms with Crippen LogP contribution < -0.4 is 5.32 Å². The van der Waals surface area contributed by atoms with Crippen LogP contribution in [0.1, 0.15) is 50.5 Å². The summed E-state index contributed by atoms with van der Waals surface area (Å²) in [4.78, 5) is 24.7. The lowest BCUT2D eigenvalue weighted by Crippen LogP contribution is -2.32. The fourth-order valence-corrected chi connectivity index (χ4v) is 5.52. The Hall–Kier alpha value is -3.90. The van der Waals surface area contributed by atoms with E-state index in [1.165, 1.54) is 12.3 Å². The van der Waals surface area contributed by atoms with Gasteiger partial charge in [0.05, 0.1) is 21.7 Å². The number of hydrogen-bond acceptors (Lipinski definition) is 7. The molecule has 0 spiro atoms. The highest BCUT2D eigenvalue weighted by Gasteiger charge is 2.40. The number of carbonyl (C=O) groups is 1. The molecule has 0 fully saturated rings. The molecule has 3 aromatic heterocycles. The van der Waals surface area contributed by atoms with E-state index >= 15 is 0 Å². The van der Waals surface area contributed by atoms with Crippen LogP contribution in [0.3, 0.4) is 0 Å². The second-order valence-corrected chi connectivity index (χ2v) is 10.0. The first-order valence-electron chi connectivity index (χ1n) is 11.5. The largest absolute Gasteiger partial charge is 0.478 e. The molecule has 5 rings (SSSR count). The number of aromatic carboxylic acids is 1. The Morgan fingerprint density at radius 3 is 2.66 bits per heavy atom. The number of carboxylic acids is 1. The zero-order valence-electron chi connectivity index (χ0n) is 19.8. The normalized spacial score (nSPS) is 17.2. The molecule has 38 heavy (non-hydrogen) atoms. The van der Waals surface area contributed by atoms with Crippen molar-refractivity contribution in [1.29, 1.82) is 0 Å². The van der Waals surface area contributed by atoms with Crippen molar-refractivity contribution in [2.24, 2.45) is 0 Å². The number of aromatic nitrogens is 3. The van der Waals surface area contributed by atoms with Crippen molar-refractivity contribution in [2.45, 2.75) is 38.0 Å². The van der Waals surface area contributed by atoms with E-state index in [0.29, 0.717) is 34.0 Å². The Morgan fingerprint density at radius 2 is 1.92 bits per heavy atom. The Labute approximate surface area is 217 Å². The molecule has 7 nitrogen and oxygen atoms in total. The first kappa shape index (κ1) is 25.7. The number of rotatable bonds is 5. The van der Waals surface area contributed by atoms with Gasteiger partial charge in [0.1, 0.15) is 28.1 Å². The highest BCUT2D eigenvalue weighted by molar-refractivity contribution is 7.15. The van der Waals surface area contributed by atoms with Crippen LogP contribution in [-0.2, 0) is 18.2 Å². The Bertz CT molecular complexity index is 1560. The number of alkyl halides is 3. The van der Waals surface area contributed by atoms with Crippen LogP contribution >= 0.6 is 11.3 Å². The molecular formula is C26H20F4N4O3S. The van der Waals surface area contributed by atoms with Gasteiger partial charge in [0, 0.05) is 12.4 Å². The van der Waals surface area contributed by atoms with Gasteiger partial charge < -0.3 is 15.5 Å². The standard InChI is InChI=1S/C26H20F4N4O3S/c1-13-7-19(33-22(8-13)34-21-10-15(4-6-31-21)26(28,29)30)20-12-32-24(38-20)25(37)5-2-3-14-9-16(23(35)36)18(27)11-17(14)25/h4,6-12,37H,2-3,5H2,1H3,(H,35,36)(H,31,33,34). The quantitative estimate of drug-likeness (QED) is 0.261. The fourth-order valence-electron chi connectivity index (χ4n) is 4.51. The SMILES string of the molecule is Cc1cc(Nc2cc(C(F)(F)F)ccn2)nc(-c2cnc(C3(O)CCCc4cc(C(=O)O)c(F)cc43)s2)c1. The molecule has 3 heterocycles. The number of nitrogens with one attached hydrogen (secondary N) is 1. The number of thiazole rings is 1. The first-order chi connectivity index (χ1) is 17.9. The molecule has 0 saturated heterocycles. The average molecular weight is 545 g/mol. The van der Waals surface area contributed by atoms with Crippen LogP contribution in [-0.4, -0.2) is 31.1 Å². The average Bonchev–Trinajstić information content (AvgIpc) is 3.35. The molecule has 1 unspecified atom stereocenters. The minimum Gasteiger partial charge on any atom is -0.478 e. The molecule has 0 bridgehead atoms. The number of carboxylic acid groups (broad SMARTS) is 1. The van der Waals surface area contributed by atoms with E-state index < -0.39 is 34.7 Å². The van der Waals surface area contributed by atoms with Crippen molar-refractivity contribution in [3.05, 3.63) is 87.4 Å². The second kappa shape index (κ2) is 9.44. The van der Waals surface area contributed by atoms with E-state index in [1.54, 1.807) is 19.1 Å². The summed E-state index contributed by atoms with van der Waals surface area (Å²) in [6.07, 6.45) is -0.628. The predicted octanol–water partition coefficient (Wildman–Crippen LogP) is 6.08. The van der Waals surface area contributed by atoms with E-state index in [4.69, 9.17) is 0 Å². The minimum absolute atomic E-state index is 0.0234. The second-order valence-electron chi connectivity index (χ2n) is 9.01. The lowest BCUT2D eigenvalue weighted by molar-refractivity contribution is -0.137. The third kappa shape index (κ3) is 4.84. The van der Waals surface area contributed by atoms with Gasteiger partial charge in [-0.1, -0.05) is 0 Å². The molecule has 12 heteroatoms. The van der Waals surface area contributed by atoms with Crippen molar-refractivity contribution < 1.29 is 32.6 Å². The summed E-state index contributed by atoms with van der Waals surface area (Å²) in [5.41, 5.74) is -0.846. The Kier molecular flexibility index (Phi) is 6.40. The van der Waals surface area contributed by atoms with Crippen molar-refractivity contribution in [3.8, 4) is 10.6 Å². The number of fused-ring (bicyclic) bond motifs is 1. The molecular weight excluding hydrogens is 524 g/mol. The molecule has 1 aliphatic carbocycles. The van der Waals surface area contributed by atoms with Gasteiger partial charge in [-0.15, -0.1) is 11.3 Å². The monoisotopic (exact) mass is 544 g/mol. The summed E-state index contributed by atoms with van der Waals surface area (Å²) < 4.78 is 53.7. The maximum absolute atomic E-state index is 14.5. The zero-order valence-corrected chi connectivity index (χ0v) is 20.6. The van der Waals surface area contributed by atoms with E-state index in [-0.39, 0.29) is 23.6 Å². The summed E-state index contributed by atoms with van der Waals surface area (Å²) in [5, 5.41) is 24.0. The summed E-state index contributed by atoms with van der Waals surface area (Å²) in [5.74, 6) is -2.07. The van der Waals surface area contributed by atoms with Gasteiger partial charge in [-0.2, -0.15) is 13.2 Å². The number of nitrogens with zero attached hydrogens (tertiary/aromatic N) is 3. The molecule has 1 aliphatic rings. The van der Waals surface area contributed by atoms with Crippen LogP contribution in [0.5, 0.6) is 0 Å². The maximum atomic E-state index is 14.5. The van der Waals surface area contributed by atoms with Gasteiger partial charge in [-0.25, -0.2) is 24.1 Å². The summed E-state index contributed by atoms with van der Waals surface area (Å²) in [6.45, 7) is 1.80. The number of aliphatic hydroxyl groups is 1. The molecule has 196 valence electrons. The minimum atomic E-state index is -4.51. The van der Waals surface area contributed by atoms with Gasteiger partial charge in [-0.05, 0) is 79.3 Å². The third-order valence-electron chi connectivity index (χ3n) is 6.28. The highest BCUT2D eigenvalue weighted by Crippen LogP contribution is 2.44. The molecule has 0 aliphatic heterocycles. The van der Waals surface area contributed by atoms with E-state index in [2.05, 4.69) is 20.3 Å². The van der Waals surface area contributed by atoms with Crippen molar-refractivity contribution in [3.63, 3.8) is 0 Å². The highest BCUT2D eigenvalue weighted by atomic mass is 32.1. The molecule has 0 radical (unpaired) electrons. The van der Waals surface area contributed by atoms with Gasteiger partial charge in [-0.3, -0.25) is 0 Å². The lowest BCUT2D eigenvalue weighted by atomic mass is 9.78. The molecule has 1 aromatic carbocycles. The Morgan fingerprint density at radius 1 is 1.13 bits per heavy atom. The number of anilines is 2. The van der Waals surface area contributed by atoms with Crippen molar-refractivity contribution >= 4 is 28.9 Å². The number of hydrogen-bond donors (Lipinski definition) is 3. The van der Waals surface area contributed by atoms with E-state index in [9.17, 15) is 32.6 Å². The number of benzene rings is 1. The smallest absolute Gasteiger partial charge is 0.416 e. The zero-order chi connectivity index (χ0) is 27.2. The van der Waals surface area contributed by atoms with Crippen molar-refractivity contribution in [1.82, 2.24) is 15.0 Å². The number of halogens is 4. The van der Waals surface area contributed by atoms with E-state index in [0.717, 1.165) is 41.3 Å². The summed E-state index contributed by atoms with van der Waals surface area (Å²) >= 11 is 1.15. The summed E-state index contributed by atoms with van der Waals surface area (Å²) in [6, 6.07) is 7.50. The topological polar surface area (TPSA) is 108 Å². The summed E-state index contributed by atoms with van der Waals surface area (Å²) in [7, 11) is 0.